The molecule has 4 rings (SSSR count). The van der Waals surface area contributed by atoms with Crippen LogP contribution in [0.25, 0.3) is 31.4 Å². The zero-order chi connectivity index (χ0) is 17.2. The number of esters is 1. The average molecular weight is 369 g/mol. The molecule has 0 radical (unpaired) electrons. The van der Waals surface area contributed by atoms with Gasteiger partial charge in [0.05, 0.1) is 16.4 Å². The lowest BCUT2D eigenvalue weighted by molar-refractivity contribution is -0.142. The van der Waals surface area contributed by atoms with Crippen molar-refractivity contribution in [3.8, 4) is 21.3 Å². The van der Waals surface area contributed by atoms with E-state index in [4.69, 9.17) is 9.15 Å². The molecule has 0 N–H and O–H groups in total. The Bertz CT molecular complexity index is 982. The van der Waals surface area contributed by atoms with Gasteiger partial charge in [0, 0.05) is 4.70 Å². The third kappa shape index (κ3) is 3.23. The molecule has 0 amide bonds. The largest absolute Gasteiger partial charge is 0.466 e. The summed E-state index contributed by atoms with van der Waals surface area (Å²) in [6.45, 7) is 2.14. The van der Waals surface area contributed by atoms with E-state index in [9.17, 15) is 4.79 Å². The van der Waals surface area contributed by atoms with E-state index >= 15 is 0 Å². The zero-order valence-electron chi connectivity index (χ0n) is 13.5. The van der Waals surface area contributed by atoms with Crippen LogP contribution in [-0.2, 0) is 16.0 Å². The molecule has 126 valence electrons. The van der Waals surface area contributed by atoms with Crippen molar-refractivity contribution in [3.63, 3.8) is 0 Å². The molecule has 0 fully saturated rings. The van der Waals surface area contributed by atoms with Gasteiger partial charge in [0.1, 0.15) is 17.9 Å². The van der Waals surface area contributed by atoms with Gasteiger partial charge in [-0.3, -0.25) is 4.79 Å². The average Bonchev–Trinajstić information content (AvgIpc) is 3.33. The number of rotatable bonds is 5. The Morgan fingerprint density at radius 2 is 2.08 bits per heavy atom. The van der Waals surface area contributed by atoms with Gasteiger partial charge in [-0.1, -0.05) is 24.3 Å². The highest BCUT2D eigenvalue weighted by molar-refractivity contribution is 7.22. The molecule has 25 heavy (non-hydrogen) atoms. The number of benzene rings is 1. The molecule has 3 aromatic heterocycles. The van der Waals surface area contributed by atoms with Crippen molar-refractivity contribution in [1.29, 1.82) is 0 Å². The number of ether oxygens (including phenoxy) is 1. The molecule has 0 aliphatic heterocycles. The van der Waals surface area contributed by atoms with E-state index in [-0.39, 0.29) is 12.4 Å². The number of hydrogen-bond acceptors (Lipinski definition) is 6. The number of oxazole rings is 1. The minimum Gasteiger partial charge on any atom is -0.466 e. The fourth-order valence-electron chi connectivity index (χ4n) is 2.61. The van der Waals surface area contributed by atoms with Gasteiger partial charge in [-0.2, -0.15) is 0 Å². The molecule has 4 aromatic rings. The molecule has 3 heterocycles. The lowest BCUT2D eigenvalue weighted by atomic mass is 10.2. The summed E-state index contributed by atoms with van der Waals surface area (Å²) >= 11 is 3.20. The molecule has 0 saturated carbocycles. The normalized spacial score (nSPS) is 11.1. The number of hydrogen-bond donors (Lipinski definition) is 0. The van der Waals surface area contributed by atoms with E-state index in [2.05, 4.69) is 23.2 Å². The lowest BCUT2D eigenvalue weighted by Gasteiger charge is -2.00. The maximum Gasteiger partial charge on any atom is 0.313 e. The fourth-order valence-corrected chi connectivity index (χ4v) is 4.33. The molecular weight excluding hydrogens is 354 g/mol. The first-order valence-corrected chi connectivity index (χ1v) is 9.62. The smallest absolute Gasteiger partial charge is 0.313 e. The second-order valence-corrected chi connectivity index (χ2v) is 7.43. The molecule has 0 unspecified atom stereocenters. The standard InChI is InChI=1S/C19H15NO3S2/c1-2-22-17(21)11-13-18(15-8-5-9-24-15)20-19(23-13)16-10-12-6-3-4-7-14(12)25-16/h3-10H,2,11H2,1H3. The Morgan fingerprint density at radius 3 is 2.84 bits per heavy atom. The number of carbonyl (C=O) groups is 1. The van der Waals surface area contributed by atoms with E-state index in [1.807, 2.05) is 29.6 Å². The fraction of sp³-hybridized carbons (Fsp3) is 0.158. The van der Waals surface area contributed by atoms with Crippen molar-refractivity contribution in [2.75, 3.05) is 6.61 Å². The summed E-state index contributed by atoms with van der Waals surface area (Å²) in [5.41, 5.74) is 0.718. The van der Waals surface area contributed by atoms with Gasteiger partial charge >= 0.3 is 5.97 Å². The summed E-state index contributed by atoms with van der Waals surface area (Å²) in [5, 5.41) is 3.14. The maximum atomic E-state index is 11.9. The first-order valence-electron chi connectivity index (χ1n) is 7.92. The van der Waals surface area contributed by atoms with Crippen molar-refractivity contribution in [2.24, 2.45) is 0 Å². The van der Waals surface area contributed by atoms with E-state index in [0.717, 1.165) is 20.8 Å². The summed E-state index contributed by atoms with van der Waals surface area (Å²) < 4.78 is 12.2. The highest BCUT2D eigenvalue weighted by Gasteiger charge is 2.21. The Morgan fingerprint density at radius 1 is 1.20 bits per heavy atom. The van der Waals surface area contributed by atoms with Gasteiger partial charge in [0.25, 0.3) is 0 Å². The van der Waals surface area contributed by atoms with Crippen LogP contribution in [0, 0.1) is 0 Å². The lowest BCUT2D eigenvalue weighted by Crippen LogP contribution is -2.07. The van der Waals surface area contributed by atoms with Crippen molar-refractivity contribution in [3.05, 3.63) is 53.6 Å². The van der Waals surface area contributed by atoms with Crippen LogP contribution in [0.4, 0.5) is 0 Å². The summed E-state index contributed by atoms with van der Waals surface area (Å²) in [4.78, 5) is 18.5. The quantitative estimate of drug-likeness (QED) is 0.443. The van der Waals surface area contributed by atoms with Gasteiger partial charge in [-0.25, -0.2) is 4.98 Å². The highest BCUT2D eigenvalue weighted by atomic mass is 32.1. The number of fused-ring (bicyclic) bond motifs is 1. The zero-order valence-corrected chi connectivity index (χ0v) is 15.2. The first kappa shape index (κ1) is 16.1. The predicted octanol–water partition coefficient (Wildman–Crippen LogP) is 5.39. The van der Waals surface area contributed by atoms with Crippen LogP contribution in [0.3, 0.4) is 0 Å². The van der Waals surface area contributed by atoms with Crippen LogP contribution in [0.5, 0.6) is 0 Å². The van der Waals surface area contributed by atoms with Crippen molar-refractivity contribution < 1.29 is 13.9 Å². The highest BCUT2D eigenvalue weighted by Crippen LogP contribution is 2.37. The molecule has 0 aliphatic rings. The van der Waals surface area contributed by atoms with Crippen LogP contribution < -0.4 is 0 Å². The second-order valence-electron chi connectivity index (χ2n) is 5.40. The minimum atomic E-state index is -0.306. The van der Waals surface area contributed by atoms with E-state index in [0.29, 0.717) is 18.3 Å². The van der Waals surface area contributed by atoms with Crippen LogP contribution >= 0.6 is 22.7 Å². The first-order chi connectivity index (χ1) is 12.2. The third-order valence-corrected chi connectivity index (χ3v) is 5.68. The third-order valence-electron chi connectivity index (χ3n) is 3.70. The SMILES string of the molecule is CCOC(=O)Cc1oc(-c2cc3ccccc3s2)nc1-c1cccs1. The van der Waals surface area contributed by atoms with E-state index in [1.54, 1.807) is 29.6 Å². The molecule has 0 spiro atoms. The van der Waals surface area contributed by atoms with Gasteiger partial charge < -0.3 is 9.15 Å². The Kier molecular flexibility index (Phi) is 4.38. The van der Waals surface area contributed by atoms with E-state index < -0.39 is 0 Å². The Labute approximate surface area is 152 Å². The van der Waals surface area contributed by atoms with Crippen LogP contribution in [0.1, 0.15) is 12.7 Å². The second kappa shape index (κ2) is 6.82. The van der Waals surface area contributed by atoms with Crippen LogP contribution in [0.2, 0.25) is 0 Å². The van der Waals surface area contributed by atoms with E-state index in [1.165, 1.54) is 4.70 Å². The van der Waals surface area contributed by atoms with Crippen molar-refractivity contribution >= 4 is 38.7 Å². The minimum absolute atomic E-state index is 0.0823. The number of nitrogens with zero attached hydrogens (tertiary/aromatic N) is 1. The molecule has 0 aliphatic carbocycles. The van der Waals surface area contributed by atoms with Crippen molar-refractivity contribution in [1.82, 2.24) is 4.98 Å². The van der Waals surface area contributed by atoms with Gasteiger partial charge in [0.2, 0.25) is 5.89 Å². The molecule has 0 bridgehead atoms. The molecule has 6 heteroatoms. The number of thiophene rings is 2. The Hall–Kier alpha value is -2.44. The topological polar surface area (TPSA) is 52.3 Å². The van der Waals surface area contributed by atoms with Crippen LogP contribution in [-0.4, -0.2) is 17.6 Å². The van der Waals surface area contributed by atoms with Crippen molar-refractivity contribution in [2.45, 2.75) is 13.3 Å². The summed E-state index contributed by atoms with van der Waals surface area (Å²) in [5.74, 6) is 0.789. The van der Waals surface area contributed by atoms with Gasteiger partial charge in [-0.05, 0) is 35.9 Å². The molecule has 4 nitrogen and oxygen atoms in total. The predicted molar refractivity (Wildman–Crippen MR) is 101 cm³/mol. The molecule has 0 saturated heterocycles. The molecule has 1 aromatic carbocycles. The summed E-state index contributed by atoms with van der Waals surface area (Å²) in [6, 6.07) is 14.2. The van der Waals surface area contributed by atoms with Crippen LogP contribution in [0.15, 0.2) is 52.3 Å². The number of carbonyl (C=O) groups excluding carboxylic acids is 1. The monoisotopic (exact) mass is 369 g/mol. The van der Waals surface area contributed by atoms with Gasteiger partial charge in [0.15, 0.2) is 0 Å². The number of aromatic nitrogens is 1. The Balaban J connectivity index is 1.77. The molecule has 0 atom stereocenters. The maximum absolute atomic E-state index is 11.9. The van der Waals surface area contributed by atoms with Gasteiger partial charge in [-0.15, -0.1) is 22.7 Å². The molecular formula is C19H15NO3S2. The summed E-state index contributed by atoms with van der Waals surface area (Å²) in [7, 11) is 0. The summed E-state index contributed by atoms with van der Waals surface area (Å²) in [6.07, 6.45) is 0.0823.